The van der Waals surface area contributed by atoms with E-state index in [4.69, 9.17) is 4.74 Å². The molecule has 0 saturated heterocycles. The maximum absolute atomic E-state index is 5.78. The third-order valence-electron chi connectivity index (χ3n) is 2.30. The van der Waals surface area contributed by atoms with Crippen LogP contribution in [0, 0.1) is 0 Å². The molecule has 0 saturated carbocycles. The lowest BCUT2D eigenvalue weighted by atomic mass is 10.2. The Kier molecular flexibility index (Phi) is 5.21. The number of hydrogen-bond acceptors (Lipinski definition) is 2. The van der Waals surface area contributed by atoms with E-state index in [0.29, 0.717) is 6.61 Å². The molecule has 2 aromatic rings. The molecule has 0 N–H and O–H groups in total. The quantitative estimate of drug-likeness (QED) is 0.625. The third kappa shape index (κ3) is 3.56. The zero-order chi connectivity index (χ0) is 13.0. The number of benzene rings is 1. The van der Waals surface area contributed by atoms with Crippen molar-refractivity contribution in [3.05, 3.63) is 56.7 Å². The Hall–Kier alpha value is -0.390. The van der Waals surface area contributed by atoms with Crippen molar-refractivity contribution in [2.24, 2.45) is 0 Å². The Morgan fingerprint density at radius 2 is 1.83 bits per heavy atom. The van der Waals surface area contributed by atoms with E-state index in [1.807, 2.05) is 30.3 Å². The third-order valence-corrected chi connectivity index (χ3v) is 4.13. The summed E-state index contributed by atoms with van der Waals surface area (Å²) >= 11 is 10.5. The topological polar surface area (TPSA) is 22.1 Å². The van der Waals surface area contributed by atoms with Gasteiger partial charge in [0.1, 0.15) is 12.4 Å². The second-order valence-electron chi connectivity index (χ2n) is 3.63. The predicted molar refractivity (Wildman–Crippen MR) is 83.0 cm³/mol. The van der Waals surface area contributed by atoms with Gasteiger partial charge in [-0.05, 0) is 61.7 Å². The SMILES string of the molecule is BrCc1cc(Br)c(OCc2ccccn2)c(Br)c1. The first kappa shape index (κ1) is 14.0. The Bertz CT molecular complexity index is 508. The van der Waals surface area contributed by atoms with Crippen LogP contribution in [-0.4, -0.2) is 4.98 Å². The molecule has 1 heterocycles. The Morgan fingerprint density at radius 1 is 1.11 bits per heavy atom. The average Bonchev–Trinajstić information content (AvgIpc) is 2.38. The molecule has 0 aliphatic heterocycles. The van der Waals surface area contributed by atoms with Gasteiger partial charge in [0, 0.05) is 11.5 Å². The van der Waals surface area contributed by atoms with Gasteiger partial charge in [-0.3, -0.25) is 4.98 Å². The summed E-state index contributed by atoms with van der Waals surface area (Å²) in [7, 11) is 0. The van der Waals surface area contributed by atoms with Crippen LogP contribution in [0.1, 0.15) is 11.3 Å². The lowest BCUT2D eigenvalue weighted by Gasteiger charge is -2.11. The Balaban J connectivity index is 2.15. The van der Waals surface area contributed by atoms with E-state index in [1.165, 1.54) is 5.56 Å². The standard InChI is InChI=1S/C13H10Br3NO/c14-7-9-5-11(15)13(12(16)6-9)18-8-10-3-1-2-4-17-10/h1-6H,7-8H2. The van der Waals surface area contributed by atoms with Gasteiger partial charge >= 0.3 is 0 Å². The van der Waals surface area contributed by atoms with Gasteiger partial charge in [0.05, 0.1) is 14.6 Å². The van der Waals surface area contributed by atoms with Gasteiger partial charge in [-0.25, -0.2) is 0 Å². The molecule has 0 atom stereocenters. The van der Waals surface area contributed by atoms with E-state index in [-0.39, 0.29) is 0 Å². The molecule has 2 rings (SSSR count). The van der Waals surface area contributed by atoms with E-state index in [1.54, 1.807) is 6.20 Å². The molecule has 18 heavy (non-hydrogen) atoms. The minimum Gasteiger partial charge on any atom is -0.485 e. The minimum absolute atomic E-state index is 0.450. The Labute approximate surface area is 131 Å². The molecule has 0 aliphatic carbocycles. The number of nitrogens with zero attached hydrogens (tertiary/aromatic N) is 1. The van der Waals surface area contributed by atoms with Crippen molar-refractivity contribution in [2.75, 3.05) is 0 Å². The van der Waals surface area contributed by atoms with Crippen molar-refractivity contribution in [3.8, 4) is 5.75 Å². The molecule has 0 bridgehead atoms. The Morgan fingerprint density at radius 3 is 2.39 bits per heavy atom. The lowest BCUT2D eigenvalue weighted by Crippen LogP contribution is -1.99. The van der Waals surface area contributed by atoms with E-state index >= 15 is 0 Å². The second kappa shape index (κ2) is 6.68. The van der Waals surface area contributed by atoms with Crippen molar-refractivity contribution < 1.29 is 4.74 Å². The first-order valence-electron chi connectivity index (χ1n) is 5.27. The summed E-state index contributed by atoms with van der Waals surface area (Å²) in [6.07, 6.45) is 1.76. The van der Waals surface area contributed by atoms with Crippen molar-refractivity contribution in [2.45, 2.75) is 11.9 Å². The van der Waals surface area contributed by atoms with Gasteiger partial charge in [0.25, 0.3) is 0 Å². The van der Waals surface area contributed by atoms with Gasteiger partial charge < -0.3 is 4.74 Å². The highest BCUT2D eigenvalue weighted by Gasteiger charge is 2.09. The number of pyridine rings is 1. The molecular formula is C13H10Br3NO. The van der Waals surface area contributed by atoms with Gasteiger partial charge in [0.2, 0.25) is 0 Å². The number of ether oxygens (including phenoxy) is 1. The smallest absolute Gasteiger partial charge is 0.148 e. The number of alkyl halides is 1. The summed E-state index contributed by atoms with van der Waals surface area (Å²) in [4.78, 5) is 4.22. The van der Waals surface area contributed by atoms with Crippen molar-refractivity contribution in [1.29, 1.82) is 0 Å². The van der Waals surface area contributed by atoms with Crippen LogP contribution in [0.2, 0.25) is 0 Å². The zero-order valence-electron chi connectivity index (χ0n) is 9.37. The summed E-state index contributed by atoms with van der Waals surface area (Å²) in [6.45, 7) is 0.450. The number of hydrogen-bond donors (Lipinski definition) is 0. The van der Waals surface area contributed by atoms with Gasteiger partial charge in [0.15, 0.2) is 0 Å². The van der Waals surface area contributed by atoms with Crippen molar-refractivity contribution in [3.63, 3.8) is 0 Å². The predicted octanol–water partition coefficient (Wildman–Crippen LogP) is 5.08. The fraction of sp³-hybridized carbons (Fsp3) is 0.154. The molecule has 1 aromatic heterocycles. The van der Waals surface area contributed by atoms with Crippen LogP contribution in [0.25, 0.3) is 0 Å². The molecule has 0 fully saturated rings. The fourth-order valence-electron chi connectivity index (χ4n) is 1.46. The van der Waals surface area contributed by atoms with E-state index in [2.05, 4.69) is 52.8 Å². The molecule has 0 amide bonds. The molecule has 94 valence electrons. The molecule has 1 aromatic carbocycles. The summed E-state index contributed by atoms with van der Waals surface area (Å²) in [5, 5.41) is 0.810. The van der Waals surface area contributed by atoms with E-state index in [9.17, 15) is 0 Å². The fourth-order valence-corrected chi connectivity index (χ4v) is 3.29. The van der Waals surface area contributed by atoms with Gasteiger partial charge in [-0.2, -0.15) is 0 Å². The number of aromatic nitrogens is 1. The van der Waals surface area contributed by atoms with E-state index < -0.39 is 0 Å². The van der Waals surface area contributed by atoms with Gasteiger partial charge in [-0.15, -0.1) is 0 Å². The maximum atomic E-state index is 5.78. The normalized spacial score (nSPS) is 10.4. The summed E-state index contributed by atoms with van der Waals surface area (Å²) in [6, 6.07) is 9.85. The molecule has 0 unspecified atom stereocenters. The number of halogens is 3. The van der Waals surface area contributed by atoms with Crippen LogP contribution in [0.3, 0.4) is 0 Å². The maximum Gasteiger partial charge on any atom is 0.148 e. The van der Waals surface area contributed by atoms with Crippen molar-refractivity contribution in [1.82, 2.24) is 4.98 Å². The second-order valence-corrected chi connectivity index (χ2v) is 5.90. The van der Waals surface area contributed by atoms with Crippen LogP contribution < -0.4 is 4.74 Å². The zero-order valence-corrected chi connectivity index (χ0v) is 14.1. The van der Waals surface area contributed by atoms with E-state index in [0.717, 1.165) is 25.7 Å². The van der Waals surface area contributed by atoms with Crippen LogP contribution in [0.4, 0.5) is 0 Å². The molecule has 0 aliphatic rings. The summed E-state index contributed by atoms with van der Waals surface area (Å²) in [5.41, 5.74) is 2.08. The average molecular weight is 436 g/mol. The number of rotatable bonds is 4. The van der Waals surface area contributed by atoms with Crippen LogP contribution in [-0.2, 0) is 11.9 Å². The summed E-state index contributed by atoms with van der Waals surface area (Å²) in [5.74, 6) is 0.797. The highest BCUT2D eigenvalue weighted by molar-refractivity contribution is 9.11. The van der Waals surface area contributed by atoms with Crippen molar-refractivity contribution >= 4 is 47.8 Å². The molecular weight excluding hydrogens is 426 g/mol. The molecule has 5 heteroatoms. The summed E-state index contributed by atoms with van der Waals surface area (Å²) < 4.78 is 7.65. The molecule has 0 spiro atoms. The first-order valence-corrected chi connectivity index (χ1v) is 7.98. The minimum atomic E-state index is 0.450. The highest BCUT2D eigenvalue weighted by Crippen LogP contribution is 2.35. The van der Waals surface area contributed by atoms with Crippen LogP contribution in [0.5, 0.6) is 5.75 Å². The highest BCUT2D eigenvalue weighted by atomic mass is 79.9. The molecule has 2 nitrogen and oxygen atoms in total. The molecule has 0 radical (unpaired) electrons. The lowest BCUT2D eigenvalue weighted by molar-refractivity contribution is 0.297. The largest absolute Gasteiger partial charge is 0.485 e. The first-order chi connectivity index (χ1) is 8.70. The van der Waals surface area contributed by atoms with Crippen LogP contribution >= 0.6 is 47.8 Å². The monoisotopic (exact) mass is 433 g/mol. The van der Waals surface area contributed by atoms with Gasteiger partial charge in [-0.1, -0.05) is 22.0 Å². The van der Waals surface area contributed by atoms with Crippen LogP contribution in [0.15, 0.2) is 45.5 Å².